The van der Waals surface area contributed by atoms with Gasteiger partial charge in [-0.1, -0.05) is 0 Å². The van der Waals surface area contributed by atoms with Crippen molar-refractivity contribution in [3.05, 3.63) is 0 Å². The highest BCUT2D eigenvalue weighted by atomic mass is 16.4. The Labute approximate surface area is 51.9 Å². The molecule has 0 saturated heterocycles. The highest BCUT2D eigenvalue weighted by Crippen LogP contribution is 2.13. The van der Waals surface area contributed by atoms with Crippen molar-refractivity contribution in [2.45, 2.75) is 12.6 Å². The maximum absolute atomic E-state index is 10.3. The van der Waals surface area contributed by atoms with Crippen LogP contribution in [0.5, 0.6) is 0 Å². The predicted octanol–water partition coefficient (Wildman–Crippen LogP) is -0.0576. The quantitative estimate of drug-likeness (QED) is 0.535. The Morgan fingerprint density at radius 2 is 2.00 bits per heavy atom. The van der Waals surface area contributed by atoms with Gasteiger partial charge in [0.25, 0.3) is 0 Å². The lowest BCUT2D eigenvalue weighted by Gasteiger charge is -2.08. The number of rotatable bonds is 1. The molecule has 4 heteroatoms. The first kappa shape index (κ1) is 5.94. The average molecular weight is 126 g/mol. The highest BCUT2D eigenvalue weighted by Gasteiger charge is 2.31. The van der Waals surface area contributed by atoms with Gasteiger partial charge in [-0.25, -0.2) is 4.79 Å². The molecule has 0 aromatic carbocycles. The zero-order valence-corrected chi connectivity index (χ0v) is 4.90. The van der Waals surface area contributed by atoms with Crippen LogP contribution in [0.2, 0.25) is 0 Å². The van der Waals surface area contributed by atoms with Crippen molar-refractivity contribution < 1.29 is 9.90 Å². The zero-order chi connectivity index (χ0) is 6.91. The van der Waals surface area contributed by atoms with Gasteiger partial charge in [-0.3, -0.25) is 9.98 Å². The number of hydrogen-bond acceptors (Lipinski definition) is 3. The van der Waals surface area contributed by atoms with Crippen LogP contribution in [0, 0.1) is 0 Å². The Hall–Kier alpha value is -1.19. The Balaban J connectivity index is 2.88. The molecular formula is C5H6N2O2. The largest absolute Gasteiger partial charge is 0.478 e. The topological polar surface area (TPSA) is 62.0 Å². The molecule has 1 heterocycles. The molecule has 0 aliphatic carbocycles. The molecular weight excluding hydrogens is 120 g/mol. The van der Waals surface area contributed by atoms with E-state index in [9.17, 15) is 4.79 Å². The molecule has 4 nitrogen and oxygen atoms in total. The van der Waals surface area contributed by atoms with Crippen LogP contribution in [0.4, 0.5) is 0 Å². The molecule has 1 N–H and O–H groups in total. The standard InChI is InChI=1S/C5H6N2O2/c1-5(4(8)9)6-2-3-7-5/h2-3H,1H3,(H,8,9). The summed E-state index contributed by atoms with van der Waals surface area (Å²) >= 11 is 0. The van der Waals surface area contributed by atoms with E-state index in [2.05, 4.69) is 9.98 Å². The number of aliphatic imine (C=N–C) groups is 2. The van der Waals surface area contributed by atoms with E-state index < -0.39 is 11.6 Å². The number of aliphatic carboxylic acids is 1. The molecule has 0 atom stereocenters. The summed E-state index contributed by atoms with van der Waals surface area (Å²) < 4.78 is 0. The molecule has 1 aliphatic heterocycles. The summed E-state index contributed by atoms with van der Waals surface area (Å²) in [4.78, 5) is 17.5. The first-order valence-corrected chi connectivity index (χ1v) is 2.47. The zero-order valence-electron chi connectivity index (χ0n) is 4.90. The van der Waals surface area contributed by atoms with Crippen molar-refractivity contribution in [3.8, 4) is 0 Å². The van der Waals surface area contributed by atoms with Gasteiger partial charge in [-0.05, 0) is 6.92 Å². The maximum Gasteiger partial charge on any atom is 0.354 e. The summed E-state index contributed by atoms with van der Waals surface area (Å²) in [6.07, 6.45) is 2.77. The summed E-state index contributed by atoms with van der Waals surface area (Å²) in [5, 5.41) is 8.44. The van der Waals surface area contributed by atoms with E-state index in [0.717, 1.165) is 0 Å². The van der Waals surface area contributed by atoms with Crippen LogP contribution in [0.3, 0.4) is 0 Å². The van der Waals surface area contributed by atoms with Crippen molar-refractivity contribution in [3.63, 3.8) is 0 Å². The number of carboxylic acids is 1. The lowest BCUT2D eigenvalue weighted by molar-refractivity contribution is -0.142. The highest BCUT2D eigenvalue weighted by molar-refractivity contribution is 6.19. The van der Waals surface area contributed by atoms with Crippen molar-refractivity contribution in [1.82, 2.24) is 0 Å². The molecule has 0 aromatic heterocycles. The minimum absolute atomic E-state index is 1.02. The Kier molecular flexibility index (Phi) is 1.09. The first-order chi connectivity index (χ1) is 4.15. The second-order valence-electron chi connectivity index (χ2n) is 1.88. The van der Waals surface area contributed by atoms with Gasteiger partial charge >= 0.3 is 5.97 Å². The van der Waals surface area contributed by atoms with E-state index in [-0.39, 0.29) is 0 Å². The molecule has 0 aromatic rings. The number of nitrogens with zero attached hydrogens (tertiary/aromatic N) is 2. The predicted molar refractivity (Wildman–Crippen MR) is 33.0 cm³/mol. The van der Waals surface area contributed by atoms with Crippen LogP contribution < -0.4 is 0 Å². The molecule has 0 unspecified atom stereocenters. The van der Waals surface area contributed by atoms with Crippen molar-refractivity contribution in [2.24, 2.45) is 9.98 Å². The lowest BCUT2D eigenvalue weighted by atomic mass is 10.2. The van der Waals surface area contributed by atoms with Crippen molar-refractivity contribution in [2.75, 3.05) is 0 Å². The fraction of sp³-hybridized carbons (Fsp3) is 0.400. The Morgan fingerprint density at radius 1 is 1.56 bits per heavy atom. The minimum Gasteiger partial charge on any atom is -0.478 e. The molecule has 0 amide bonds. The van der Waals surface area contributed by atoms with E-state index >= 15 is 0 Å². The maximum atomic E-state index is 10.3. The molecule has 1 aliphatic rings. The Bertz CT molecular complexity index is 183. The van der Waals surface area contributed by atoms with E-state index in [1.807, 2.05) is 0 Å². The van der Waals surface area contributed by atoms with Crippen LogP contribution in [0.25, 0.3) is 0 Å². The summed E-state index contributed by atoms with van der Waals surface area (Å²) in [5.41, 5.74) is -1.25. The number of hydrogen-bond donors (Lipinski definition) is 1. The summed E-state index contributed by atoms with van der Waals surface area (Å²) in [7, 11) is 0. The first-order valence-electron chi connectivity index (χ1n) is 2.47. The van der Waals surface area contributed by atoms with Gasteiger partial charge in [0.2, 0.25) is 5.66 Å². The van der Waals surface area contributed by atoms with Crippen LogP contribution >= 0.6 is 0 Å². The SMILES string of the molecule is CC1(C(=O)O)N=CC=N1. The monoisotopic (exact) mass is 126 g/mol. The average Bonchev–Trinajstić information content (AvgIpc) is 2.16. The third-order valence-electron chi connectivity index (χ3n) is 1.12. The summed E-state index contributed by atoms with van der Waals surface area (Å²) in [6.45, 7) is 1.44. The lowest BCUT2D eigenvalue weighted by Crippen LogP contribution is -2.28. The van der Waals surface area contributed by atoms with Crippen molar-refractivity contribution >= 4 is 18.4 Å². The van der Waals surface area contributed by atoms with E-state index in [1.54, 1.807) is 0 Å². The smallest absolute Gasteiger partial charge is 0.354 e. The number of carbonyl (C=O) groups is 1. The number of carboxylic acid groups (broad SMARTS) is 1. The van der Waals surface area contributed by atoms with Crippen LogP contribution in [0.15, 0.2) is 9.98 Å². The van der Waals surface area contributed by atoms with Crippen molar-refractivity contribution in [1.29, 1.82) is 0 Å². The molecule has 0 spiro atoms. The van der Waals surface area contributed by atoms with Gasteiger partial charge in [0.15, 0.2) is 0 Å². The molecule has 0 radical (unpaired) electrons. The van der Waals surface area contributed by atoms with Gasteiger partial charge in [-0.2, -0.15) is 0 Å². The van der Waals surface area contributed by atoms with Gasteiger partial charge in [0, 0.05) is 12.4 Å². The van der Waals surface area contributed by atoms with E-state index in [0.29, 0.717) is 0 Å². The molecule has 48 valence electrons. The van der Waals surface area contributed by atoms with Crippen LogP contribution in [-0.2, 0) is 4.79 Å². The van der Waals surface area contributed by atoms with Gasteiger partial charge in [-0.15, -0.1) is 0 Å². The fourth-order valence-corrected chi connectivity index (χ4v) is 0.501. The molecule has 0 saturated carbocycles. The van der Waals surface area contributed by atoms with Gasteiger partial charge in [0.1, 0.15) is 0 Å². The minimum atomic E-state index is -1.25. The molecule has 0 fully saturated rings. The Morgan fingerprint density at radius 3 is 2.22 bits per heavy atom. The van der Waals surface area contributed by atoms with E-state index in [1.165, 1.54) is 19.4 Å². The summed E-state index contributed by atoms with van der Waals surface area (Å²) in [5.74, 6) is -1.02. The third-order valence-corrected chi connectivity index (χ3v) is 1.12. The van der Waals surface area contributed by atoms with Gasteiger partial charge < -0.3 is 5.11 Å². The molecule has 0 bridgehead atoms. The molecule has 9 heavy (non-hydrogen) atoms. The van der Waals surface area contributed by atoms with Crippen LogP contribution in [0.1, 0.15) is 6.92 Å². The van der Waals surface area contributed by atoms with Crippen LogP contribution in [-0.4, -0.2) is 29.2 Å². The van der Waals surface area contributed by atoms with Gasteiger partial charge in [0.05, 0.1) is 0 Å². The normalized spacial score (nSPS) is 20.6. The second-order valence-corrected chi connectivity index (χ2v) is 1.88. The third kappa shape index (κ3) is 0.826. The van der Waals surface area contributed by atoms with E-state index in [4.69, 9.17) is 5.11 Å². The molecule has 1 rings (SSSR count). The second kappa shape index (κ2) is 1.65. The summed E-state index contributed by atoms with van der Waals surface area (Å²) in [6, 6.07) is 0. The fourth-order valence-electron chi connectivity index (χ4n) is 0.501.